The maximum absolute atomic E-state index is 5.71. The number of methoxy groups -OCH3 is 1. The van der Waals surface area contributed by atoms with Crippen molar-refractivity contribution < 1.29 is 9.47 Å². The molecule has 1 heterocycles. The molecule has 0 spiro atoms. The zero-order chi connectivity index (χ0) is 17.0. The molecule has 0 aliphatic carbocycles. The number of aryl methyl sites for hydroxylation is 1. The lowest BCUT2D eigenvalue weighted by atomic mass is 10.2. The second-order valence-corrected chi connectivity index (χ2v) is 7.32. The quantitative estimate of drug-likeness (QED) is 0.605. The molecule has 0 aliphatic rings. The minimum Gasteiger partial charge on any atom is -0.467 e. The first-order valence-corrected chi connectivity index (χ1v) is 7.77. The molecule has 1 aromatic heterocycles. The lowest BCUT2D eigenvalue weighted by Gasteiger charge is -2.20. The first-order chi connectivity index (χ1) is 10.8. The minimum atomic E-state index is -0.289. The van der Waals surface area contributed by atoms with Crippen molar-refractivity contribution in [1.29, 1.82) is 0 Å². The third kappa shape index (κ3) is 4.92. The molecule has 122 valence electrons. The van der Waals surface area contributed by atoms with Gasteiger partial charge >= 0.3 is 6.01 Å². The third-order valence-electron chi connectivity index (χ3n) is 2.92. The molecule has 6 nitrogen and oxygen atoms in total. The first kappa shape index (κ1) is 17.2. The number of hydrogen-bond donors (Lipinski definition) is 1. The summed E-state index contributed by atoms with van der Waals surface area (Å²) in [5, 5.41) is 3.10. The van der Waals surface area contributed by atoms with Gasteiger partial charge in [0.15, 0.2) is 0 Å². The van der Waals surface area contributed by atoms with E-state index in [9.17, 15) is 0 Å². The summed E-state index contributed by atoms with van der Waals surface area (Å²) in [5.74, 6) is 2.35. The van der Waals surface area contributed by atoms with Gasteiger partial charge in [-0.1, -0.05) is 22.5 Å². The number of alkyl halides is 1. The summed E-state index contributed by atoms with van der Waals surface area (Å²) in [4.78, 5) is 12.4. The van der Waals surface area contributed by atoms with Gasteiger partial charge in [0.1, 0.15) is 17.3 Å². The van der Waals surface area contributed by atoms with Gasteiger partial charge in [-0.25, -0.2) is 0 Å². The van der Waals surface area contributed by atoms with Gasteiger partial charge in [0, 0.05) is 5.69 Å². The number of benzene rings is 1. The van der Waals surface area contributed by atoms with Crippen molar-refractivity contribution in [2.45, 2.75) is 25.1 Å². The van der Waals surface area contributed by atoms with Gasteiger partial charge in [-0.05, 0) is 45.0 Å². The number of rotatable bonds is 6. The van der Waals surface area contributed by atoms with Crippen molar-refractivity contribution in [2.24, 2.45) is 0 Å². The summed E-state index contributed by atoms with van der Waals surface area (Å²) in [5.41, 5.74) is 0.828. The minimum absolute atomic E-state index is 0.274. The second-order valence-electron chi connectivity index (χ2n) is 5.34. The number of hydrogen-bond acceptors (Lipinski definition) is 6. The average molecular weight is 379 g/mol. The SMILES string of the molecule is C=C(Oc1ccc(Nc2nc(C)nc(OC)n2)cc1)C(C)(C)Br. The van der Waals surface area contributed by atoms with Crippen LogP contribution in [0.4, 0.5) is 11.6 Å². The summed E-state index contributed by atoms with van der Waals surface area (Å²) in [6.07, 6.45) is 0. The van der Waals surface area contributed by atoms with Crippen LogP contribution in [0.25, 0.3) is 0 Å². The monoisotopic (exact) mass is 378 g/mol. The maximum atomic E-state index is 5.71. The fraction of sp³-hybridized carbons (Fsp3) is 0.312. The molecule has 0 fully saturated rings. The van der Waals surface area contributed by atoms with E-state index in [4.69, 9.17) is 9.47 Å². The Balaban J connectivity index is 2.08. The van der Waals surface area contributed by atoms with Crippen molar-refractivity contribution in [2.75, 3.05) is 12.4 Å². The Morgan fingerprint density at radius 3 is 2.39 bits per heavy atom. The summed E-state index contributed by atoms with van der Waals surface area (Å²) < 4.78 is 10.5. The number of anilines is 2. The van der Waals surface area contributed by atoms with Crippen LogP contribution in [0.1, 0.15) is 19.7 Å². The standard InChI is InChI=1S/C16H19BrN4O2/c1-10(16(3,4)17)23-13-8-6-12(7-9-13)20-14-18-11(2)19-15(21-14)22-5/h6-9H,1H2,2-5H3,(H,18,19,20,21). The van der Waals surface area contributed by atoms with Gasteiger partial charge < -0.3 is 14.8 Å². The maximum Gasteiger partial charge on any atom is 0.321 e. The zero-order valence-electron chi connectivity index (χ0n) is 13.6. The fourth-order valence-electron chi connectivity index (χ4n) is 1.60. The molecule has 0 unspecified atom stereocenters. The number of nitrogens with zero attached hydrogens (tertiary/aromatic N) is 3. The number of ether oxygens (including phenoxy) is 2. The molecule has 0 bridgehead atoms. The molecule has 0 saturated carbocycles. The lowest BCUT2D eigenvalue weighted by Crippen LogP contribution is -2.17. The average Bonchev–Trinajstić information content (AvgIpc) is 2.47. The van der Waals surface area contributed by atoms with E-state index in [-0.39, 0.29) is 10.3 Å². The van der Waals surface area contributed by atoms with E-state index in [0.717, 1.165) is 5.69 Å². The molecule has 0 aliphatic heterocycles. The first-order valence-electron chi connectivity index (χ1n) is 6.98. The fourth-order valence-corrected chi connectivity index (χ4v) is 1.68. The van der Waals surface area contributed by atoms with Gasteiger partial charge in [0.05, 0.1) is 11.4 Å². The highest BCUT2D eigenvalue weighted by Crippen LogP contribution is 2.28. The predicted octanol–water partition coefficient (Wildman–Crippen LogP) is 4.00. The topological polar surface area (TPSA) is 69.2 Å². The highest BCUT2D eigenvalue weighted by molar-refractivity contribution is 9.10. The Bertz CT molecular complexity index is 696. The van der Waals surface area contributed by atoms with E-state index in [2.05, 4.69) is 42.8 Å². The highest BCUT2D eigenvalue weighted by Gasteiger charge is 2.19. The molecule has 2 aromatic rings. The van der Waals surface area contributed by atoms with Gasteiger partial charge in [-0.15, -0.1) is 0 Å². The van der Waals surface area contributed by atoms with Crippen LogP contribution in [0, 0.1) is 6.92 Å². The normalized spacial score (nSPS) is 11.0. The van der Waals surface area contributed by atoms with Gasteiger partial charge in [-0.2, -0.15) is 15.0 Å². The third-order valence-corrected chi connectivity index (χ3v) is 3.37. The predicted molar refractivity (Wildman–Crippen MR) is 93.6 cm³/mol. The summed E-state index contributed by atoms with van der Waals surface area (Å²) in [7, 11) is 1.52. The van der Waals surface area contributed by atoms with Crippen LogP contribution in [0.15, 0.2) is 36.6 Å². The molecule has 1 N–H and O–H groups in total. The number of allylic oxidation sites excluding steroid dienone is 1. The molecule has 1 aromatic carbocycles. The Morgan fingerprint density at radius 2 is 1.83 bits per heavy atom. The van der Waals surface area contributed by atoms with Gasteiger partial charge in [-0.3, -0.25) is 0 Å². The molecular formula is C16H19BrN4O2. The Hall–Kier alpha value is -2.15. The lowest BCUT2D eigenvalue weighted by molar-refractivity contribution is 0.377. The number of nitrogens with one attached hydrogen (secondary N) is 1. The van der Waals surface area contributed by atoms with E-state index >= 15 is 0 Å². The van der Waals surface area contributed by atoms with Crippen molar-refractivity contribution in [3.05, 3.63) is 42.4 Å². The summed E-state index contributed by atoms with van der Waals surface area (Å²) in [6, 6.07) is 7.70. The van der Waals surface area contributed by atoms with Crippen molar-refractivity contribution >= 4 is 27.6 Å². The molecule has 0 saturated heterocycles. The van der Waals surface area contributed by atoms with Crippen LogP contribution < -0.4 is 14.8 Å². The van der Waals surface area contributed by atoms with E-state index in [0.29, 0.717) is 23.3 Å². The molecule has 7 heteroatoms. The van der Waals surface area contributed by atoms with E-state index in [1.807, 2.05) is 38.1 Å². The van der Waals surface area contributed by atoms with E-state index < -0.39 is 0 Å². The van der Waals surface area contributed by atoms with Crippen LogP contribution in [-0.4, -0.2) is 26.4 Å². The van der Waals surface area contributed by atoms with Crippen LogP contribution in [0.2, 0.25) is 0 Å². The molecule has 23 heavy (non-hydrogen) atoms. The van der Waals surface area contributed by atoms with Gasteiger partial charge in [0.2, 0.25) is 5.95 Å². The Labute approximate surface area is 144 Å². The number of aromatic nitrogens is 3. The molecule has 0 radical (unpaired) electrons. The second kappa shape index (κ2) is 6.95. The molecular weight excluding hydrogens is 360 g/mol. The van der Waals surface area contributed by atoms with Crippen molar-refractivity contribution in [1.82, 2.24) is 15.0 Å². The van der Waals surface area contributed by atoms with E-state index in [1.165, 1.54) is 7.11 Å². The molecule has 0 atom stereocenters. The van der Waals surface area contributed by atoms with Gasteiger partial charge in [0.25, 0.3) is 0 Å². The van der Waals surface area contributed by atoms with Crippen LogP contribution in [-0.2, 0) is 0 Å². The van der Waals surface area contributed by atoms with Crippen molar-refractivity contribution in [3.63, 3.8) is 0 Å². The summed E-state index contributed by atoms with van der Waals surface area (Å²) >= 11 is 3.51. The highest BCUT2D eigenvalue weighted by atomic mass is 79.9. The largest absolute Gasteiger partial charge is 0.467 e. The van der Waals surface area contributed by atoms with E-state index in [1.54, 1.807) is 6.92 Å². The summed E-state index contributed by atoms with van der Waals surface area (Å²) in [6.45, 7) is 9.64. The Morgan fingerprint density at radius 1 is 1.17 bits per heavy atom. The molecule has 0 amide bonds. The van der Waals surface area contributed by atoms with Crippen LogP contribution in [0.3, 0.4) is 0 Å². The molecule has 2 rings (SSSR count). The van der Waals surface area contributed by atoms with Crippen LogP contribution in [0.5, 0.6) is 11.8 Å². The zero-order valence-corrected chi connectivity index (χ0v) is 15.1. The number of halogens is 1. The van der Waals surface area contributed by atoms with Crippen molar-refractivity contribution in [3.8, 4) is 11.8 Å². The smallest absolute Gasteiger partial charge is 0.321 e. The van der Waals surface area contributed by atoms with Crippen LogP contribution >= 0.6 is 15.9 Å². The Kier molecular flexibility index (Phi) is 5.20.